The second-order valence-electron chi connectivity index (χ2n) is 13.4. The minimum Gasteiger partial charge on any atom is -0.444 e. The number of carbonyl (C=O) groups excluding carboxylic acids is 2. The molecular formula is C26H50N2O4. The fourth-order valence-electron chi connectivity index (χ4n) is 4.19. The Balaban J connectivity index is 4.76. The minimum atomic E-state index is -0.895. The van der Waals surface area contributed by atoms with E-state index >= 15 is 0 Å². The third kappa shape index (κ3) is 14.5. The van der Waals surface area contributed by atoms with Gasteiger partial charge in [-0.15, -0.1) is 0 Å². The van der Waals surface area contributed by atoms with Crippen molar-refractivity contribution in [2.45, 2.75) is 108 Å². The molecule has 0 fully saturated rings. The third-order valence-electron chi connectivity index (χ3n) is 4.86. The molecule has 0 aliphatic carbocycles. The number of amides is 2. The summed E-state index contributed by atoms with van der Waals surface area (Å²) in [5, 5.41) is 15.4. The molecule has 0 aromatic heterocycles. The first-order valence-electron chi connectivity index (χ1n) is 11.7. The highest BCUT2D eigenvalue weighted by Crippen LogP contribution is 2.39. The van der Waals surface area contributed by atoms with E-state index in [0.29, 0.717) is 6.42 Å². The summed E-state index contributed by atoms with van der Waals surface area (Å²) in [7, 11) is 0. The number of nitrogens with one attached hydrogen (secondary N) is 2. The molecule has 3 N–H and O–H groups in total. The average Bonchev–Trinajstić information content (AvgIpc) is 2.51. The van der Waals surface area contributed by atoms with Crippen molar-refractivity contribution in [3.8, 4) is 0 Å². The number of allylic oxidation sites excluding steroid dienone is 2. The SMILES string of the molecule is CC(C)(C)CC(C)(C)/C=C\C(C)(C)CC(C)(C)C(=O)NCC(O)CNC(=O)OC(C)(C)C. The van der Waals surface area contributed by atoms with Gasteiger partial charge in [0.15, 0.2) is 0 Å². The lowest BCUT2D eigenvalue weighted by molar-refractivity contribution is -0.131. The number of alkyl carbamates (subject to hydrolysis) is 1. The van der Waals surface area contributed by atoms with E-state index in [0.717, 1.165) is 6.42 Å². The van der Waals surface area contributed by atoms with E-state index < -0.39 is 23.2 Å². The van der Waals surface area contributed by atoms with E-state index in [1.165, 1.54) is 0 Å². The number of rotatable bonds is 10. The van der Waals surface area contributed by atoms with Crippen LogP contribution < -0.4 is 10.6 Å². The molecule has 6 nitrogen and oxygen atoms in total. The lowest BCUT2D eigenvalue weighted by Crippen LogP contribution is -2.45. The Labute approximate surface area is 197 Å². The molecule has 32 heavy (non-hydrogen) atoms. The van der Waals surface area contributed by atoms with Crippen molar-refractivity contribution >= 4 is 12.0 Å². The lowest BCUT2D eigenvalue weighted by atomic mass is 9.71. The smallest absolute Gasteiger partial charge is 0.407 e. The molecular weight excluding hydrogens is 404 g/mol. The molecule has 1 atom stereocenters. The molecule has 0 rings (SSSR count). The van der Waals surface area contributed by atoms with Crippen LogP contribution >= 0.6 is 0 Å². The van der Waals surface area contributed by atoms with Gasteiger partial charge >= 0.3 is 6.09 Å². The summed E-state index contributed by atoms with van der Waals surface area (Å²) in [5.74, 6) is -0.121. The molecule has 1 unspecified atom stereocenters. The van der Waals surface area contributed by atoms with E-state index in [4.69, 9.17) is 4.74 Å². The highest BCUT2D eigenvalue weighted by molar-refractivity contribution is 5.81. The number of aliphatic hydroxyl groups excluding tert-OH is 1. The van der Waals surface area contributed by atoms with Crippen LogP contribution in [0.1, 0.15) is 95.9 Å². The number of aliphatic hydroxyl groups is 1. The van der Waals surface area contributed by atoms with Crippen molar-refractivity contribution in [2.24, 2.45) is 21.7 Å². The topological polar surface area (TPSA) is 87.7 Å². The van der Waals surface area contributed by atoms with Crippen LogP contribution in [0.15, 0.2) is 12.2 Å². The van der Waals surface area contributed by atoms with Gasteiger partial charge in [-0.1, -0.05) is 74.5 Å². The maximum absolute atomic E-state index is 12.8. The summed E-state index contributed by atoms with van der Waals surface area (Å²) in [6.45, 7) is 24.7. The summed E-state index contributed by atoms with van der Waals surface area (Å²) >= 11 is 0. The predicted molar refractivity (Wildman–Crippen MR) is 132 cm³/mol. The molecule has 0 heterocycles. The number of hydrogen-bond acceptors (Lipinski definition) is 4. The van der Waals surface area contributed by atoms with Crippen LogP contribution in [-0.4, -0.2) is 41.9 Å². The van der Waals surface area contributed by atoms with Crippen LogP contribution in [0.2, 0.25) is 0 Å². The standard InChI is InChI=1S/C26H50N2O4/c1-22(2,3)17-24(7,8)13-14-25(9,10)18-26(11,12)20(30)27-15-19(29)16-28-21(31)32-23(4,5)6/h13-14,19,29H,15-18H2,1-12H3,(H,27,30)(H,28,31)/b14-13-. The molecule has 0 saturated heterocycles. The summed E-state index contributed by atoms with van der Waals surface area (Å²) in [4.78, 5) is 24.5. The zero-order chi connectivity index (χ0) is 25.6. The van der Waals surface area contributed by atoms with Crippen molar-refractivity contribution in [2.75, 3.05) is 13.1 Å². The van der Waals surface area contributed by atoms with Gasteiger partial charge in [0.25, 0.3) is 0 Å². The quantitative estimate of drug-likeness (QED) is 0.383. The predicted octanol–water partition coefficient (Wildman–Crippen LogP) is 5.45. The molecule has 188 valence electrons. The maximum Gasteiger partial charge on any atom is 0.407 e. The second kappa shape index (κ2) is 11.0. The number of ether oxygens (including phenoxy) is 1. The second-order valence-corrected chi connectivity index (χ2v) is 13.4. The van der Waals surface area contributed by atoms with Gasteiger partial charge in [0.05, 0.1) is 6.10 Å². The lowest BCUT2D eigenvalue weighted by Gasteiger charge is -2.34. The highest BCUT2D eigenvalue weighted by Gasteiger charge is 2.34. The normalized spacial score (nSPS) is 14.9. The zero-order valence-electron chi connectivity index (χ0n) is 22.7. The van der Waals surface area contributed by atoms with Crippen LogP contribution in [-0.2, 0) is 9.53 Å². The van der Waals surface area contributed by atoms with Crippen LogP contribution in [0.25, 0.3) is 0 Å². The average molecular weight is 455 g/mol. The molecule has 2 amide bonds. The Hall–Kier alpha value is -1.56. The van der Waals surface area contributed by atoms with Crippen molar-refractivity contribution < 1.29 is 19.4 Å². The van der Waals surface area contributed by atoms with Gasteiger partial charge in [0, 0.05) is 18.5 Å². The first kappa shape index (κ1) is 30.4. The van der Waals surface area contributed by atoms with E-state index in [-0.39, 0.29) is 35.2 Å². The van der Waals surface area contributed by atoms with E-state index in [2.05, 4.69) is 71.3 Å². The van der Waals surface area contributed by atoms with Crippen molar-refractivity contribution in [3.63, 3.8) is 0 Å². The summed E-state index contributed by atoms with van der Waals surface area (Å²) in [6, 6.07) is 0. The van der Waals surface area contributed by atoms with Crippen LogP contribution in [0.5, 0.6) is 0 Å². The summed E-state index contributed by atoms with van der Waals surface area (Å²) < 4.78 is 5.14. The zero-order valence-corrected chi connectivity index (χ0v) is 22.7. The van der Waals surface area contributed by atoms with Gasteiger partial charge in [-0.3, -0.25) is 4.79 Å². The molecule has 0 radical (unpaired) electrons. The van der Waals surface area contributed by atoms with Crippen LogP contribution in [0.4, 0.5) is 4.79 Å². The van der Waals surface area contributed by atoms with E-state index in [9.17, 15) is 14.7 Å². The molecule has 0 aliphatic heterocycles. The Kier molecular flexibility index (Phi) is 10.5. The Bertz CT molecular complexity index is 650. The largest absolute Gasteiger partial charge is 0.444 e. The fraction of sp³-hybridized carbons (Fsp3) is 0.846. The van der Waals surface area contributed by atoms with Crippen molar-refractivity contribution in [3.05, 3.63) is 12.2 Å². The summed E-state index contributed by atoms with van der Waals surface area (Å²) in [5.41, 5.74) is -1.05. The van der Waals surface area contributed by atoms with Gasteiger partial charge in [-0.2, -0.15) is 0 Å². The first-order chi connectivity index (χ1) is 14.0. The minimum absolute atomic E-state index is 0.00666. The van der Waals surface area contributed by atoms with E-state index in [1.807, 2.05) is 13.8 Å². The first-order valence-corrected chi connectivity index (χ1v) is 11.7. The Morgan fingerprint density at radius 1 is 0.781 bits per heavy atom. The molecule has 0 spiro atoms. The summed E-state index contributed by atoms with van der Waals surface area (Å²) in [6.07, 6.45) is 4.76. The van der Waals surface area contributed by atoms with Crippen molar-refractivity contribution in [1.29, 1.82) is 0 Å². The molecule has 0 aromatic rings. The van der Waals surface area contributed by atoms with Gasteiger partial charge in [0.2, 0.25) is 5.91 Å². The van der Waals surface area contributed by atoms with Gasteiger partial charge < -0.3 is 20.5 Å². The molecule has 0 aromatic carbocycles. The van der Waals surface area contributed by atoms with Crippen molar-refractivity contribution in [1.82, 2.24) is 10.6 Å². The maximum atomic E-state index is 12.8. The number of carbonyl (C=O) groups is 2. The van der Waals surface area contributed by atoms with Crippen LogP contribution in [0, 0.1) is 21.7 Å². The molecule has 6 heteroatoms. The van der Waals surface area contributed by atoms with E-state index in [1.54, 1.807) is 20.8 Å². The number of hydrogen-bond donors (Lipinski definition) is 3. The molecule has 0 saturated carbocycles. The van der Waals surface area contributed by atoms with Gasteiger partial charge in [-0.25, -0.2) is 4.79 Å². The Morgan fingerprint density at radius 3 is 1.66 bits per heavy atom. The van der Waals surface area contributed by atoms with Gasteiger partial charge in [0.1, 0.15) is 5.60 Å². The monoisotopic (exact) mass is 454 g/mol. The Morgan fingerprint density at radius 2 is 1.22 bits per heavy atom. The van der Waals surface area contributed by atoms with Crippen LogP contribution in [0.3, 0.4) is 0 Å². The molecule has 0 bridgehead atoms. The molecule has 0 aliphatic rings. The van der Waals surface area contributed by atoms with Gasteiger partial charge in [-0.05, 0) is 49.9 Å². The third-order valence-corrected chi connectivity index (χ3v) is 4.86. The fourth-order valence-corrected chi connectivity index (χ4v) is 4.19. The highest BCUT2D eigenvalue weighted by atomic mass is 16.6.